The molecule has 3 aliphatic rings. The predicted octanol–water partition coefficient (Wildman–Crippen LogP) is 4.09. The number of nitrogens with one attached hydrogen (secondary N) is 1. The van der Waals surface area contributed by atoms with E-state index in [1.165, 1.54) is 6.20 Å². The molecule has 3 aromatic heterocycles. The number of aromatic nitrogens is 3. The Balaban J connectivity index is 1.47. The second-order valence-electron chi connectivity index (χ2n) is 8.66. The molecular weight excluding hydrogens is 422 g/mol. The summed E-state index contributed by atoms with van der Waals surface area (Å²) in [5.41, 5.74) is 4.47. The zero-order valence-corrected chi connectivity index (χ0v) is 18.1. The maximum absolute atomic E-state index is 12.6. The number of nitrogens with zero attached hydrogens (tertiary/aromatic N) is 4. The molecule has 1 N–H and O–H groups in total. The fourth-order valence-corrected chi connectivity index (χ4v) is 5.50. The van der Waals surface area contributed by atoms with Gasteiger partial charge >= 0.3 is 0 Å². The average molecular weight is 444 g/mol. The minimum atomic E-state index is -3.61. The summed E-state index contributed by atoms with van der Waals surface area (Å²) in [5.74, 6) is 0.527. The van der Waals surface area contributed by atoms with Gasteiger partial charge in [-0.3, -0.25) is 9.55 Å². The Morgan fingerprint density at radius 1 is 1.12 bits per heavy atom. The van der Waals surface area contributed by atoms with Crippen molar-refractivity contribution in [3.05, 3.63) is 59.9 Å². The lowest BCUT2D eigenvalue weighted by molar-refractivity contribution is 0.383. The number of rotatable bonds is 6. The molecule has 3 aliphatic carbocycles. The zero-order chi connectivity index (χ0) is 21.9. The molecule has 0 amide bonds. The quantitative estimate of drug-likeness (QED) is 0.618. The van der Waals surface area contributed by atoms with Gasteiger partial charge in [0.25, 0.3) is 0 Å². The molecule has 0 bridgehead atoms. The summed E-state index contributed by atoms with van der Waals surface area (Å²) >= 11 is 0. The number of hydrogen-bond acceptors (Lipinski definition) is 5. The van der Waals surface area contributed by atoms with Crippen LogP contribution < -0.4 is 4.72 Å². The average Bonchev–Trinajstić information content (AvgIpc) is 3.53. The summed E-state index contributed by atoms with van der Waals surface area (Å²) in [7, 11) is -3.61. The Kier molecular flexibility index (Phi) is 4.32. The van der Waals surface area contributed by atoms with Crippen molar-refractivity contribution in [1.29, 1.82) is 5.26 Å². The third-order valence-corrected chi connectivity index (χ3v) is 8.00. The van der Waals surface area contributed by atoms with Gasteiger partial charge in [-0.25, -0.2) is 18.1 Å². The normalized spacial score (nSPS) is 18.2. The van der Waals surface area contributed by atoms with Crippen molar-refractivity contribution >= 4 is 26.8 Å². The first-order valence-electron chi connectivity index (χ1n) is 10.9. The SMILES string of the molecule is N#Cc1c(-c2ccc(S(=O)(=O)NC3CCC3)cn2)n(C2=CC=C2)c2ncc(C3CC3)cc12. The summed E-state index contributed by atoms with van der Waals surface area (Å²) in [6.45, 7) is 0. The lowest BCUT2D eigenvalue weighted by atomic mass is 9.94. The Labute approximate surface area is 186 Å². The Morgan fingerprint density at radius 2 is 1.94 bits per heavy atom. The van der Waals surface area contributed by atoms with Crippen molar-refractivity contribution < 1.29 is 8.42 Å². The van der Waals surface area contributed by atoms with Gasteiger partial charge in [0.15, 0.2) is 0 Å². The molecular formula is C24H21N5O2S. The van der Waals surface area contributed by atoms with Crippen LogP contribution in [0.2, 0.25) is 0 Å². The first kappa shape index (κ1) is 19.4. The number of hydrogen-bond donors (Lipinski definition) is 1. The molecule has 0 spiro atoms. The second kappa shape index (κ2) is 7.12. The van der Waals surface area contributed by atoms with Crippen molar-refractivity contribution in [1.82, 2.24) is 19.3 Å². The third kappa shape index (κ3) is 3.08. The maximum atomic E-state index is 12.6. The number of sulfonamides is 1. The fourth-order valence-electron chi connectivity index (χ4n) is 4.25. The van der Waals surface area contributed by atoms with Gasteiger partial charge in [0.2, 0.25) is 10.0 Å². The summed E-state index contributed by atoms with van der Waals surface area (Å²) in [5, 5.41) is 10.9. The van der Waals surface area contributed by atoms with E-state index in [0.29, 0.717) is 28.5 Å². The van der Waals surface area contributed by atoms with Gasteiger partial charge in [0.1, 0.15) is 16.6 Å². The summed E-state index contributed by atoms with van der Waals surface area (Å²) in [4.78, 5) is 9.31. The molecule has 6 rings (SSSR count). The number of pyridine rings is 2. The summed E-state index contributed by atoms with van der Waals surface area (Å²) in [6, 6.07) is 7.66. The molecule has 0 aliphatic heterocycles. The van der Waals surface area contributed by atoms with Gasteiger partial charge < -0.3 is 0 Å². The van der Waals surface area contributed by atoms with E-state index in [-0.39, 0.29) is 10.9 Å². The van der Waals surface area contributed by atoms with Crippen LogP contribution in [0.5, 0.6) is 0 Å². The number of allylic oxidation sites excluding steroid dienone is 4. The summed E-state index contributed by atoms with van der Waals surface area (Å²) in [6.07, 6.45) is 14.2. The molecule has 0 radical (unpaired) electrons. The minimum absolute atomic E-state index is 0.0106. The monoisotopic (exact) mass is 443 g/mol. The second-order valence-corrected chi connectivity index (χ2v) is 10.4. The van der Waals surface area contributed by atoms with Crippen molar-refractivity contribution in [3.63, 3.8) is 0 Å². The van der Waals surface area contributed by atoms with Crippen LogP contribution in [0.15, 0.2) is 53.7 Å². The van der Waals surface area contributed by atoms with Gasteiger partial charge in [0, 0.05) is 29.5 Å². The van der Waals surface area contributed by atoms with Crippen molar-refractivity contribution in [2.75, 3.05) is 0 Å². The van der Waals surface area contributed by atoms with E-state index in [1.807, 2.05) is 29.0 Å². The zero-order valence-electron chi connectivity index (χ0n) is 17.3. The van der Waals surface area contributed by atoms with E-state index in [4.69, 9.17) is 4.98 Å². The molecule has 2 saturated carbocycles. The molecule has 3 aromatic rings. The molecule has 8 heteroatoms. The summed E-state index contributed by atoms with van der Waals surface area (Å²) < 4.78 is 30.0. The molecule has 2 fully saturated rings. The van der Waals surface area contributed by atoms with Crippen LogP contribution in [0.1, 0.15) is 49.1 Å². The van der Waals surface area contributed by atoms with E-state index in [9.17, 15) is 13.7 Å². The van der Waals surface area contributed by atoms with Gasteiger partial charge in [-0.05, 0) is 67.5 Å². The standard InChI is InChI=1S/C24H21N5O2S/c25-12-21-20-11-16(15-7-8-15)13-27-24(20)29(18-5-2-6-18)23(21)22-10-9-19(14-26-22)32(30,31)28-17-3-1-4-17/h2,5-6,9-11,13-15,17,28H,1,3-4,7-8H2. The van der Waals surface area contributed by atoms with Gasteiger partial charge in [0.05, 0.1) is 17.0 Å². The Hall–Kier alpha value is -3.28. The van der Waals surface area contributed by atoms with Crippen LogP contribution in [-0.4, -0.2) is 29.0 Å². The lowest BCUT2D eigenvalue weighted by Gasteiger charge is -2.26. The van der Waals surface area contributed by atoms with Crippen LogP contribution in [-0.2, 0) is 10.0 Å². The van der Waals surface area contributed by atoms with Crippen LogP contribution in [0.3, 0.4) is 0 Å². The van der Waals surface area contributed by atoms with Crippen LogP contribution in [0, 0.1) is 11.3 Å². The maximum Gasteiger partial charge on any atom is 0.242 e. The van der Waals surface area contributed by atoms with Crippen molar-refractivity contribution in [2.45, 2.75) is 49.0 Å². The van der Waals surface area contributed by atoms with E-state index < -0.39 is 10.0 Å². The van der Waals surface area contributed by atoms with Gasteiger partial charge in [-0.2, -0.15) is 5.26 Å². The molecule has 160 valence electrons. The van der Waals surface area contributed by atoms with Crippen LogP contribution in [0.25, 0.3) is 28.1 Å². The van der Waals surface area contributed by atoms with Crippen LogP contribution >= 0.6 is 0 Å². The van der Waals surface area contributed by atoms with Crippen LogP contribution in [0.4, 0.5) is 0 Å². The van der Waals surface area contributed by atoms with E-state index in [0.717, 1.165) is 48.8 Å². The molecule has 0 unspecified atom stereocenters. The van der Waals surface area contributed by atoms with Crippen molar-refractivity contribution in [2.24, 2.45) is 0 Å². The number of fused-ring (bicyclic) bond motifs is 1. The molecule has 0 atom stereocenters. The van der Waals surface area contributed by atoms with Gasteiger partial charge in [-0.15, -0.1) is 0 Å². The highest BCUT2D eigenvalue weighted by Crippen LogP contribution is 2.43. The Bertz CT molecular complexity index is 1450. The van der Waals surface area contributed by atoms with Gasteiger partial charge in [-0.1, -0.05) is 12.5 Å². The highest BCUT2D eigenvalue weighted by molar-refractivity contribution is 7.89. The van der Waals surface area contributed by atoms with E-state index in [1.54, 1.807) is 12.1 Å². The largest absolute Gasteiger partial charge is 0.291 e. The minimum Gasteiger partial charge on any atom is -0.291 e. The molecule has 0 saturated heterocycles. The molecule has 0 aromatic carbocycles. The topological polar surface area (TPSA) is 101 Å². The molecule has 32 heavy (non-hydrogen) atoms. The smallest absolute Gasteiger partial charge is 0.242 e. The van der Waals surface area contributed by atoms with E-state index >= 15 is 0 Å². The third-order valence-electron chi connectivity index (χ3n) is 6.50. The lowest BCUT2D eigenvalue weighted by Crippen LogP contribution is -2.39. The first-order chi connectivity index (χ1) is 15.5. The van der Waals surface area contributed by atoms with Crippen molar-refractivity contribution in [3.8, 4) is 17.5 Å². The highest BCUT2D eigenvalue weighted by atomic mass is 32.2. The predicted molar refractivity (Wildman–Crippen MR) is 121 cm³/mol. The highest BCUT2D eigenvalue weighted by Gasteiger charge is 2.29. The first-order valence-corrected chi connectivity index (χ1v) is 12.4. The molecule has 7 nitrogen and oxygen atoms in total. The fraction of sp³-hybridized carbons (Fsp3) is 0.292. The van der Waals surface area contributed by atoms with E-state index in [2.05, 4.69) is 21.8 Å². The molecule has 3 heterocycles. The number of nitriles is 1. The Morgan fingerprint density at radius 3 is 2.50 bits per heavy atom.